The Balaban J connectivity index is 2.45. The van der Waals surface area contributed by atoms with Gasteiger partial charge in [0, 0.05) is 13.5 Å². The number of amides is 1. The van der Waals surface area contributed by atoms with Crippen molar-refractivity contribution >= 4 is 17.9 Å². The van der Waals surface area contributed by atoms with Crippen LogP contribution in [-0.2, 0) is 22.4 Å². The molecule has 0 bridgehead atoms. The number of carbonyl (C=O) groups is 2. The Hall–Kier alpha value is -1.64. The van der Waals surface area contributed by atoms with Crippen molar-refractivity contribution in [2.45, 2.75) is 26.2 Å². The number of anilines is 1. The molecule has 1 aromatic rings. The average molecular weight is 217 g/mol. The normalized spacial score (nSPS) is 14.1. The molecule has 1 aromatic carbocycles. The van der Waals surface area contributed by atoms with Gasteiger partial charge in [-0.3, -0.25) is 4.79 Å². The van der Waals surface area contributed by atoms with Crippen LogP contribution in [0.3, 0.4) is 0 Å². The van der Waals surface area contributed by atoms with Crippen molar-refractivity contribution in [1.29, 1.82) is 0 Å². The van der Waals surface area contributed by atoms with E-state index in [1.165, 1.54) is 0 Å². The van der Waals surface area contributed by atoms with E-state index in [1.54, 1.807) is 11.9 Å². The minimum atomic E-state index is 0.132. The van der Waals surface area contributed by atoms with Crippen LogP contribution in [0.2, 0.25) is 0 Å². The lowest BCUT2D eigenvalue weighted by molar-refractivity contribution is -0.117. The monoisotopic (exact) mass is 217 g/mol. The van der Waals surface area contributed by atoms with E-state index in [2.05, 4.69) is 12.1 Å². The number of hydrogen-bond acceptors (Lipinski definition) is 2. The summed E-state index contributed by atoms with van der Waals surface area (Å²) in [5, 5.41) is 0. The zero-order chi connectivity index (χ0) is 11.7. The van der Waals surface area contributed by atoms with Gasteiger partial charge in [0.15, 0.2) is 0 Å². The summed E-state index contributed by atoms with van der Waals surface area (Å²) in [4.78, 5) is 23.8. The van der Waals surface area contributed by atoms with Crippen LogP contribution in [0.4, 0.5) is 5.69 Å². The largest absolute Gasteiger partial charge is 0.315 e. The molecule has 0 aromatic heterocycles. The Labute approximate surface area is 95.1 Å². The zero-order valence-corrected chi connectivity index (χ0v) is 9.62. The van der Waals surface area contributed by atoms with E-state index >= 15 is 0 Å². The molecule has 0 aliphatic carbocycles. The Kier molecular flexibility index (Phi) is 2.77. The second-order valence-corrected chi connectivity index (χ2v) is 4.27. The van der Waals surface area contributed by atoms with Gasteiger partial charge in [-0.15, -0.1) is 0 Å². The number of nitrogens with zero attached hydrogens (tertiary/aromatic N) is 1. The summed E-state index contributed by atoms with van der Waals surface area (Å²) >= 11 is 0. The number of aryl methyl sites for hydroxylation is 2. The lowest BCUT2D eigenvalue weighted by Gasteiger charge is -2.15. The molecule has 1 amide bonds. The highest BCUT2D eigenvalue weighted by atomic mass is 16.2. The molecule has 0 fully saturated rings. The minimum Gasteiger partial charge on any atom is -0.315 e. The summed E-state index contributed by atoms with van der Waals surface area (Å²) < 4.78 is 0. The molecule has 0 saturated heterocycles. The predicted molar refractivity (Wildman–Crippen MR) is 62.7 cm³/mol. The van der Waals surface area contributed by atoms with Crippen LogP contribution < -0.4 is 4.90 Å². The van der Waals surface area contributed by atoms with Crippen LogP contribution in [0.5, 0.6) is 0 Å². The summed E-state index contributed by atoms with van der Waals surface area (Å²) in [7, 11) is 1.80. The third kappa shape index (κ3) is 1.73. The second kappa shape index (κ2) is 4.08. The third-order valence-corrected chi connectivity index (χ3v) is 2.99. The van der Waals surface area contributed by atoms with Gasteiger partial charge >= 0.3 is 0 Å². The van der Waals surface area contributed by atoms with Gasteiger partial charge in [-0.05, 0) is 24.5 Å². The van der Waals surface area contributed by atoms with Gasteiger partial charge in [-0.1, -0.05) is 17.7 Å². The van der Waals surface area contributed by atoms with Crippen molar-refractivity contribution in [1.82, 2.24) is 0 Å². The molecule has 0 atom stereocenters. The number of hydrogen-bond donors (Lipinski definition) is 0. The van der Waals surface area contributed by atoms with Gasteiger partial charge in [-0.25, -0.2) is 0 Å². The van der Waals surface area contributed by atoms with Crippen molar-refractivity contribution in [2.24, 2.45) is 0 Å². The van der Waals surface area contributed by atoms with E-state index in [1.807, 2.05) is 6.92 Å². The lowest BCUT2D eigenvalue weighted by atomic mass is 10.0. The number of fused-ring (bicyclic) bond motifs is 1. The van der Waals surface area contributed by atoms with Crippen LogP contribution in [-0.4, -0.2) is 19.2 Å². The Morgan fingerprint density at radius 3 is 2.88 bits per heavy atom. The number of rotatable bonds is 3. The highest BCUT2D eigenvalue weighted by Gasteiger charge is 2.26. The standard InChI is InChI=1S/C13H15NO2/c1-9-6-10(4-3-5-15)13-11(7-9)8-12(16)14(13)2/h5-7H,3-4,8H2,1-2H3. The average Bonchev–Trinajstić information content (AvgIpc) is 2.51. The fourth-order valence-electron chi connectivity index (χ4n) is 2.31. The molecule has 0 unspecified atom stereocenters. The fraction of sp³-hybridized carbons (Fsp3) is 0.385. The van der Waals surface area contributed by atoms with Crippen LogP contribution in [0.1, 0.15) is 23.1 Å². The van der Waals surface area contributed by atoms with Crippen molar-refractivity contribution in [2.75, 3.05) is 11.9 Å². The molecule has 3 nitrogen and oxygen atoms in total. The molecule has 2 rings (SSSR count). The topological polar surface area (TPSA) is 37.4 Å². The van der Waals surface area contributed by atoms with Gasteiger partial charge in [0.25, 0.3) is 0 Å². The SMILES string of the molecule is Cc1cc(CCC=O)c2c(c1)CC(=O)N2C. The van der Waals surface area contributed by atoms with Gasteiger partial charge in [0.2, 0.25) is 5.91 Å². The smallest absolute Gasteiger partial charge is 0.231 e. The predicted octanol–water partition coefficient (Wildman–Crippen LogP) is 1.65. The quantitative estimate of drug-likeness (QED) is 0.722. The molecular weight excluding hydrogens is 202 g/mol. The number of aldehydes is 1. The first-order valence-corrected chi connectivity index (χ1v) is 5.46. The first kappa shape index (κ1) is 10.9. The molecule has 0 N–H and O–H groups in total. The molecule has 0 saturated carbocycles. The molecule has 1 aliphatic rings. The van der Waals surface area contributed by atoms with Crippen LogP contribution in [0.15, 0.2) is 12.1 Å². The van der Waals surface area contributed by atoms with Crippen molar-refractivity contribution in [3.63, 3.8) is 0 Å². The summed E-state index contributed by atoms with van der Waals surface area (Å²) in [5.74, 6) is 0.132. The lowest BCUT2D eigenvalue weighted by Crippen LogP contribution is -2.21. The van der Waals surface area contributed by atoms with Crippen molar-refractivity contribution in [3.05, 3.63) is 28.8 Å². The van der Waals surface area contributed by atoms with Crippen LogP contribution in [0, 0.1) is 6.92 Å². The molecule has 84 valence electrons. The van der Waals surface area contributed by atoms with Crippen LogP contribution in [0.25, 0.3) is 0 Å². The molecule has 1 heterocycles. The van der Waals surface area contributed by atoms with E-state index in [-0.39, 0.29) is 5.91 Å². The summed E-state index contributed by atoms with van der Waals surface area (Å²) in [6.07, 6.45) is 2.64. The minimum absolute atomic E-state index is 0.132. The summed E-state index contributed by atoms with van der Waals surface area (Å²) in [6.45, 7) is 2.02. The van der Waals surface area contributed by atoms with Gasteiger partial charge in [-0.2, -0.15) is 0 Å². The second-order valence-electron chi connectivity index (χ2n) is 4.27. The third-order valence-electron chi connectivity index (χ3n) is 2.99. The molecule has 0 radical (unpaired) electrons. The number of benzene rings is 1. The first-order valence-electron chi connectivity index (χ1n) is 5.46. The molecular formula is C13H15NO2. The Morgan fingerprint density at radius 1 is 1.44 bits per heavy atom. The first-order chi connectivity index (χ1) is 7.63. The van der Waals surface area contributed by atoms with Gasteiger partial charge in [0.1, 0.15) is 6.29 Å². The molecule has 16 heavy (non-hydrogen) atoms. The summed E-state index contributed by atoms with van der Waals surface area (Å²) in [6, 6.07) is 4.12. The number of likely N-dealkylation sites (N-methyl/N-ethyl adjacent to an activating group) is 1. The molecule has 0 spiro atoms. The van der Waals surface area contributed by atoms with Crippen LogP contribution >= 0.6 is 0 Å². The maximum atomic E-state index is 11.6. The van der Waals surface area contributed by atoms with E-state index in [0.29, 0.717) is 19.3 Å². The Bertz CT molecular complexity index is 451. The highest BCUT2D eigenvalue weighted by Crippen LogP contribution is 2.33. The van der Waals surface area contributed by atoms with E-state index < -0.39 is 0 Å². The number of carbonyl (C=O) groups excluding carboxylic acids is 2. The fourth-order valence-corrected chi connectivity index (χ4v) is 2.31. The maximum Gasteiger partial charge on any atom is 0.231 e. The van der Waals surface area contributed by atoms with Gasteiger partial charge < -0.3 is 9.69 Å². The van der Waals surface area contributed by atoms with E-state index in [9.17, 15) is 9.59 Å². The Morgan fingerprint density at radius 2 is 2.19 bits per heavy atom. The van der Waals surface area contributed by atoms with E-state index in [4.69, 9.17) is 0 Å². The molecule has 3 heteroatoms. The maximum absolute atomic E-state index is 11.6. The zero-order valence-electron chi connectivity index (χ0n) is 9.62. The highest BCUT2D eigenvalue weighted by molar-refractivity contribution is 6.02. The summed E-state index contributed by atoms with van der Waals surface area (Å²) in [5.41, 5.74) is 4.36. The molecule has 1 aliphatic heterocycles. The van der Waals surface area contributed by atoms with Crippen molar-refractivity contribution in [3.8, 4) is 0 Å². The van der Waals surface area contributed by atoms with Crippen molar-refractivity contribution < 1.29 is 9.59 Å². The van der Waals surface area contributed by atoms with E-state index in [0.717, 1.165) is 28.7 Å². The van der Waals surface area contributed by atoms with Gasteiger partial charge in [0.05, 0.1) is 12.1 Å².